The van der Waals surface area contributed by atoms with Crippen LogP contribution in [0, 0.1) is 0 Å². The number of hydrogen-bond donors (Lipinski definition) is 10. The number of nitrogens with two attached hydrogens (primary N) is 2. The standard InChI is InChI=1S/C23H36IN10O17P3S/c1-23(39)9(49-20(14(23)36)33-7-27-10-15(33)28-21(25)30-17(10)37)6-47-53(42,43)51-54(44,55)50-52(40,41)46-5-8-12(35)13(45-4)19(48-8)34(24)16-11(32(2)3)18(38)31-22(26)29-16/h7-9,12-14,19-20,35-36,39H,5-6H2,1-4H3,(H,40,41)(H,42,43)(H,44,55)(H3,25,28,30,37)(H3,26,29,31,38)/t8-,9-,12?,13?,14?,19-,20-,23?,54?/m1/s1. The molecule has 2 fully saturated rings. The van der Waals surface area contributed by atoms with Crippen molar-refractivity contribution in [2.75, 3.05) is 53.9 Å². The van der Waals surface area contributed by atoms with Crippen molar-refractivity contribution >= 4 is 91.6 Å². The SMILES string of the molecule is COC1C(O)[C@@H](COP(=O)(O)OP(O)(=S)OP(=O)(O)OC[C@H]2O[C@@H](n3cnc4c(=O)[nH]c(N)nc43)C(O)C2(C)O)O[C@H]1N(I)c1nc(N)[nH]c(=O)c1N(C)C. The molecule has 3 aromatic heterocycles. The van der Waals surface area contributed by atoms with E-state index >= 15 is 0 Å². The van der Waals surface area contributed by atoms with Gasteiger partial charge in [0.05, 0.1) is 42.4 Å². The van der Waals surface area contributed by atoms with E-state index in [0.29, 0.717) is 0 Å². The number of aliphatic hydroxyl groups is 3. The van der Waals surface area contributed by atoms with E-state index < -0.39 is 95.3 Å². The minimum absolute atomic E-state index is 0.0178. The highest BCUT2D eigenvalue weighted by molar-refractivity contribution is 14.1. The summed E-state index contributed by atoms with van der Waals surface area (Å²) >= 11 is 6.36. The van der Waals surface area contributed by atoms with E-state index in [1.165, 1.54) is 15.1 Å². The van der Waals surface area contributed by atoms with Crippen LogP contribution in [0.25, 0.3) is 11.2 Å². The summed E-state index contributed by atoms with van der Waals surface area (Å²) in [5, 5.41) is 32.7. The molecule has 5 rings (SSSR count). The van der Waals surface area contributed by atoms with Crippen molar-refractivity contribution in [1.82, 2.24) is 29.5 Å². The van der Waals surface area contributed by atoms with Gasteiger partial charge in [0.2, 0.25) is 11.9 Å². The number of phosphoric ester groups is 2. The van der Waals surface area contributed by atoms with Gasteiger partial charge in [-0.25, -0.2) is 22.7 Å². The number of halogens is 1. The van der Waals surface area contributed by atoms with Gasteiger partial charge in [0.15, 0.2) is 29.4 Å². The van der Waals surface area contributed by atoms with Crippen LogP contribution in [0.3, 0.4) is 0 Å². The second kappa shape index (κ2) is 16.2. The van der Waals surface area contributed by atoms with Gasteiger partial charge in [0.1, 0.15) is 41.8 Å². The van der Waals surface area contributed by atoms with Gasteiger partial charge in [-0.05, 0) is 18.7 Å². The minimum Gasteiger partial charge on any atom is -0.387 e. The average molecular weight is 976 g/mol. The number of aromatic nitrogens is 6. The number of aliphatic hydroxyl groups excluding tert-OH is 2. The molecule has 0 radical (unpaired) electrons. The van der Waals surface area contributed by atoms with Gasteiger partial charge in [0, 0.05) is 21.2 Å². The van der Waals surface area contributed by atoms with Gasteiger partial charge in [-0.2, -0.15) is 9.97 Å². The largest absolute Gasteiger partial charge is 0.479 e. The molecule has 27 nitrogen and oxygen atoms in total. The Kier molecular flexibility index (Phi) is 12.9. The van der Waals surface area contributed by atoms with Gasteiger partial charge in [-0.15, -0.1) is 0 Å². The zero-order valence-electron chi connectivity index (χ0n) is 28.7. The molecule has 2 saturated heterocycles. The zero-order chi connectivity index (χ0) is 41.0. The Hall–Kier alpha value is -2.25. The summed E-state index contributed by atoms with van der Waals surface area (Å²) in [6.07, 6.45) is -9.08. The van der Waals surface area contributed by atoms with Crippen molar-refractivity contribution in [2.24, 2.45) is 0 Å². The molecule has 5 heterocycles. The smallest absolute Gasteiger partial charge is 0.387 e. The Morgan fingerprint density at radius 2 is 1.62 bits per heavy atom. The highest BCUT2D eigenvalue weighted by Crippen LogP contribution is 2.68. The molecule has 7 unspecified atom stereocenters. The lowest BCUT2D eigenvalue weighted by Crippen LogP contribution is -2.46. The molecule has 11 atom stereocenters. The fourth-order valence-corrected chi connectivity index (χ4v) is 11.3. The van der Waals surface area contributed by atoms with Crippen LogP contribution >= 0.6 is 45.2 Å². The lowest BCUT2D eigenvalue weighted by atomic mass is 9.95. The number of hydrogen-bond acceptors (Lipinski definition) is 22. The maximum absolute atomic E-state index is 12.8. The molecular formula is C23H36IN10O17P3S. The number of nitrogens with zero attached hydrogens (tertiary/aromatic N) is 6. The van der Waals surface area contributed by atoms with Crippen molar-refractivity contribution in [3.63, 3.8) is 0 Å². The van der Waals surface area contributed by atoms with Crippen LogP contribution in [0.15, 0.2) is 15.9 Å². The number of rotatable bonds is 15. The van der Waals surface area contributed by atoms with Gasteiger partial charge in [0.25, 0.3) is 11.1 Å². The number of ether oxygens (including phenoxy) is 3. The number of nitrogen functional groups attached to an aromatic ring is 2. The number of aromatic amines is 2. The number of phosphoric acid groups is 2. The quantitative estimate of drug-likeness (QED) is 0.0442. The fourth-order valence-electron chi connectivity index (χ4n) is 5.50. The van der Waals surface area contributed by atoms with Crippen LogP contribution in [0.1, 0.15) is 13.2 Å². The van der Waals surface area contributed by atoms with Crippen LogP contribution in [0.5, 0.6) is 0 Å². The molecule has 0 spiro atoms. The van der Waals surface area contributed by atoms with Crippen LogP contribution in [0.2, 0.25) is 0 Å². The number of nitrogens with one attached hydrogen (secondary N) is 2. The Morgan fingerprint density at radius 3 is 2.22 bits per heavy atom. The molecule has 12 N–H and O–H groups in total. The third-order valence-electron chi connectivity index (χ3n) is 8.11. The van der Waals surface area contributed by atoms with Crippen molar-refractivity contribution < 1.29 is 71.0 Å². The van der Waals surface area contributed by atoms with E-state index in [1.54, 1.807) is 37.0 Å². The predicted molar refractivity (Wildman–Crippen MR) is 199 cm³/mol. The number of anilines is 4. The number of imidazole rings is 1. The first-order valence-electron chi connectivity index (χ1n) is 15.2. The van der Waals surface area contributed by atoms with Gasteiger partial charge in [-0.3, -0.25) is 36.3 Å². The predicted octanol–water partition coefficient (Wildman–Crippen LogP) is -2.12. The number of methoxy groups -OCH3 is 1. The maximum atomic E-state index is 12.8. The summed E-state index contributed by atoms with van der Waals surface area (Å²) in [7, 11) is -6.60. The van der Waals surface area contributed by atoms with E-state index in [4.69, 9.17) is 34.7 Å². The third kappa shape index (κ3) is 9.40. The van der Waals surface area contributed by atoms with E-state index in [2.05, 4.69) is 45.3 Å². The Labute approximate surface area is 327 Å². The molecule has 2 aliphatic heterocycles. The van der Waals surface area contributed by atoms with Gasteiger partial charge < -0.3 is 60.6 Å². The van der Waals surface area contributed by atoms with Crippen LogP contribution < -0.4 is 30.6 Å². The second-order valence-electron chi connectivity index (χ2n) is 12.2. The molecule has 0 aliphatic carbocycles. The molecule has 308 valence electrons. The first kappa shape index (κ1) is 43.9. The Bertz CT molecular complexity index is 2180. The third-order valence-corrected chi connectivity index (χ3v) is 14.6. The Morgan fingerprint density at radius 1 is 1.04 bits per heavy atom. The van der Waals surface area contributed by atoms with Crippen molar-refractivity contribution in [3.8, 4) is 0 Å². The molecule has 55 heavy (non-hydrogen) atoms. The molecule has 0 saturated carbocycles. The fraction of sp³-hybridized carbons (Fsp3) is 0.609. The van der Waals surface area contributed by atoms with Gasteiger partial charge in [-0.1, -0.05) is 0 Å². The molecule has 0 bridgehead atoms. The zero-order valence-corrected chi connectivity index (χ0v) is 34.3. The van der Waals surface area contributed by atoms with E-state index in [1.807, 2.05) is 0 Å². The summed E-state index contributed by atoms with van der Waals surface area (Å²) in [6, 6.07) is 0. The number of H-pyrrole nitrogens is 2. The first-order valence-corrected chi connectivity index (χ1v) is 21.8. The lowest BCUT2D eigenvalue weighted by Gasteiger charge is -2.29. The maximum Gasteiger partial charge on any atom is 0.479 e. The topological polar surface area (TPSA) is 388 Å². The lowest BCUT2D eigenvalue weighted by molar-refractivity contribution is -0.0790. The van der Waals surface area contributed by atoms with E-state index in [9.17, 15) is 48.7 Å². The summed E-state index contributed by atoms with van der Waals surface area (Å²) in [4.78, 5) is 73.8. The van der Waals surface area contributed by atoms with Crippen molar-refractivity contribution in [3.05, 3.63) is 27.0 Å². The van der Waals surface area contributed by atoms with Gasteiger partial charge >= 0.3 is 22.4 Å². The minimum atomic E-state index is -5.50. The molecular weight excluding hydrogens is 940 g/mol. The average Bonchev–Trinajstić information content (AvgIpc) is 3.68. The normalized spacial score (nSPS) is 30.2. The monoisotopic (exact) mass is 976 g/mol. The van der Waals surface area contributed by atoms with E-state index in [0.717, 1.165) is 17.8 Å². The molecule has 3 aromatic rings. The highest BCUT2D eigenvalue weighted by atomic mass is 127. The summed E-state index contributed by atoms with van der Waals surface area (Å²) in [6.45, 7) is -6.00. The first-order chi connectivity index (χ1) is 25.4. The summed E-state index contributed by atoms with van der Waals surface area (Å²) in [5.41, 5.74) is 7.60. The van der Waals surface area contributed by atoms with Crippen LogP contribution in [-0.2, 0) is 52.8 Å². The van der Waals surface area contributed by atoms with Crippen molar-refractivity contribution in [1.29, 1.82) is 0 Å². The van der Waals surface area contributed by atoms with Crippen LogP contribution in [0.4, 0.5) is 23.4 Å². The molecule has 0 aromatic carbocycles. The molecule has 32 heteroatoms. The summed E-state index contributed by atoms with van der Waals surface area (Å²) in [5.74, 6) is -0.500. The summed E-state index contributed by atoms with van der Waals surface area (Å²) < 4.78 is 63.4. The van der Waals surface area contributed by atoms with Crippen molar-refractivity contribution in [2.45, 2.75) is 55.5 Å². The van der Waals surface area contributed by atoms with E-state index in [-0.39, 0.29) is 34.6 Å². The number of fused-ring (bicyclic) bond motifs is 1. The Balaban J connectivity index is 1.20. The molecule has 2 aliphatic rings. The second-order valence-corrected chi connectivity index (χ2v) is 19.3. The highest BCUT2D eigenvalue weighted by Gasteiger charge is 2.54. The van der Waals surface area contributed by atoms with Crippen LogP contribution in [-0.4, -0.2) is 136 Å². The molecule has 0 amide bonds.